The van der Waals surface area contributed by atoms with E-state index in [1.807, 2.05) is 0 Å². The van der Waals surface area contributed by atoms with Gasteiger partial charge in [-0.05, 0) is 12.8 Å². The van der Waals surface area contributed by atoms with Gasteiger partial charge in [-0.1, -0.05) is 84.0 Å². The summed E-state index contributed by atoms with van der Waals surface area (Å²) in [6.07, 6.45) is 16.9. The van der Waals surface area contributed by atoms with E-state index in [9.17, 15) is 9.90 Å². The van der Waals surface area contributed by atoms with Gasteiger partial charge in [0.05, 0.1) is 0 Å². The Kier molecular flexibility index (Phi) is 29.7. The molecule has 0 aromatic rings. The van der Waals surface area contributed by atoms with Crippen molar-refractivity contribution < 1.29 is 47.4 Å². The first-order chi connectivity index (χ1) is 10.5. The molecule has 0 aliphatic heterocycles. The number of hydrogen-bond acceptors (Lipinski definition) is 5. The van der Waals surface area contributed by atoms with E-state index >= 15 is 0 Å². The Bertz CT molecular complexity index is 228. The first-order valence-electron chi connectivity index (χ1n) is 8.68. The Balaban J connectivity index is -0.000000712. The van der Waals surface area contributed by atoms with E-state index in [-0.39, 0.29) is 28.8 Å². The van der Waals surface area contributed by atoms with Gasteiger partial charge in [0.25, 0.3) is 0 Å². The van der Waals surface area contributed by atoms with Crippen molar-refractivity contribution >= 4 is 13.3 Å². The molecular formula is C16H31BNbO5. The summed E-state index contributed by atoms with van der Waals surface area (Å²) in [5.41, 5.74) is 0. The number of rotatable bonds is 14. The molecule has 133 valence electrons. The first kappa shape index (κ1) is 28.0. The van der Waals surface area contributed by atoms with Gasteiger partial charge < -0.3 is 25.0 Å². The molecule has 1 radical (unpaired) electrons. The van der Waals surface area contributed by atoms with Gasteiger partial charge in [-0.15, -0.1) is 0 Å². The molecule has 0 unspecified atom stereocenters. The monoisotopic (exact) mass is 407 g/mol. The van der Waals surface area contributed by atoms with Gasteiger partial charge in [0.15, 0.2) is 0 Å². The smallest absolute Gasteiger partial charge is 0.907 e. The Morgan fingerprint density at radius 1 is 0.696 bits per heavy atom. The zero-order valence-corrected chi connectivity index (χ0v) is 16.7. The van der Waals surface area contributed by atoms with Gasteiger partial charge in [0, 0.05) is 5.97 Å². The predicted octanol–water partition coefficient (Wildman–Crippen LogP) is 0.267. The van der Waals surface area contributed by atoms with Gasteiger partial charge in [0.1, 0.15) is 0 Å². The SMILES string of the molecule is CCCCCCCCCCCCCCCC(=O)[O-].[Nb+4].[O-]B([O-])[O-]. The number of aliphatic carboxylic acids is 1. The Hall–Kier alpha value is 0.155. The molecule has 7 heteroatoms. The summed E-state index contributed by atoms with van der Waals surface area (Å²) < 4.78 is 0. The molecule has 0 saturated carbocycles. The molecule has 0 fully saturated rings. The van der Waals surface area contributed by atoms with Gasteiger partial charge in [-0.25, -0.2) is 0 Å². The average Bonchev–Trinajstić information content (AvgIpc) is 2.43. The van der Waals surface area contributed by atoms with E-state index in [4.69, 9.17) is 15.1 Å². The summed E-state index contributed by atoms with van der Waals surface area (Å²) in [6, 6.07) is 0. The molecule has 0 aromatic heterocycles. The fraction of sp³-hybridized carbons (Fsp3) is 0.938. The van der Waals surface area contributed by atoms with Crippen molar-refractivity contribution in [2.75, 3.05) is 0 Å². The number of unbranched alkanes of at least 4 members (excludes halogenated alkanes) is 12. The average molecular weight is 407 g/mol. The van der Waals surface area contributed by atoms with Crippen LogP contribution < -0.4 is 20.2 Å². The third-order valence-electron chi connectivity index (χ3n) is 3.48. The zero-order chi connectivity index (χ0) is 17.1. The van der Waals surface area contributed by atoms with Crippen LogP contribution in [0.2, 0.25) is 0 Å². The maximum absolute atomic E-state index is 10.2. The molecule has 0 N–H and O–H groups in total. The van der Waals surface area contributed by atoms with E-state index in [1.54, 1.807) is 0 Å². The summed E-state index contributed by atoms with van der Waals surface area (Å²) in [7, 11) is -2.92. The first-order valence-corrected chi connectivity index (χ1v) is 8.68. The molecule has 0 amide bonds. The summed E-state index contributed by atoms with van der Waals surface area (Å²) in [5, 5.41) is 35.4. The van der Waals surface area contributed by atoms with Crippen molar-refractivity contribution in [3.8, 4) is 0 Å². The number of carboxylic acids is 1. The van der Waals surface area contributed by atoms with Gasteiger partial charge in [-0.2, -0.15) is 0 Å². The molecule has 0 aliphatic rings. The topological polar surface area (TPSA) is 109 Å². The van der Waals surface area contributed by atoms with Crippen LogP contribution in [0.3, 0.4) is 0 Å². The molecular weight excluding hydrogens is 376 g/mol. The van der Waals surface area contributed by atoms with Crippen molar-refractivity contribution in [2.24, 2.45) is 0 Å². The number of carbonyl (C=O) groups is 1. The molecule has 0 atom stereocenters. The molecule has 0 rings (SSSR count). The maximum atomic E-state index is 10.2. The Labute approximate surface area is 157 Å². The van der Waals surface area contributed by atoms with Gasteiger partial charge in [0.2, 0.25) is 0 Å². The summed E-state index contributed by atoms with van der Waals surface area (Å²) in [5.74, 6) is -0.905. The normalized spacial score (nSPS) is 9.57. The quantitative estimate of drug-likeness (QED) is 0.303. The summed E-state index contributed by atoms with van der Waals surface area (Å²) in [6.45, 7) is 2.26. The van der Waals surface area contributed by atoms with E-state index in [0.29, 0.717) is 0 Å². The van der Waals surface area contributed by atoms with Crippen LogP contribution in [0.4, 0.5) is 0 Å². The minimum absolute atomic E-state index is 0. The molecule has 0 aliphatic carbocycles. The standard InChI is InChI=1S/C16H32O2.BO3.Nb/c1-2-3-4-5-6-7-8-9-10-11-12-13-14-15-16(17)18;2-1(3)4;/h2-15H2,1H3,(H,17,18);;/q;-3;+4/p-1. The van der Waals surface area contributed by atoms with Crippen LogP contribution in [0.25, 0.3) is 0 Å². The minimum atomic E-state index is -2.92. The molecule has 0 bridgehead atoms. The molecule has 0 aromatic carbocycles. The molecule has 0 saturated heterocycles. The second-order valence-electron chi connectivity index (χ2n) is 5.65. The molecule has 23 heavy (non-hydrogen) atoms. The number of hydrogen-bond donors (Lipinski definition) is 0. The largest absolute Gasteiger partial charge is 4.00 e. The predicted molar refractivity (Wildman–Crippen MR) is 81.1 cm³/mol. The van der Waals surface area contributed by atoms with Crippen LogP contribution in [0.1, 0.15) is 96.8 Å². The van der Waals surface area contributed by atoms with Crippen molar-refractivity contribution in [1.29, 1.82) is 0 Å². The third kappa shape index (κ3) is 39.2. The van der Waals surface area contributed by atoms with E-state index < -0.39 is 13.3 Å². The van der Waals surface area contributed by atoms with Crippen LogP contribution >= 0.6 is 0 Å². The van der Waals surface area contributed by atoms with Gasteiger partial charge >= 0.3 is 22.4 Å². The Morgan fingerprint density at radius 3 is 1.22 bits per heavy atom. The maximum Gasteiger partial charge on any atom is 4.00 e. The van der Waals surface area contributed by atoms with E-state index in [0.717, 1.165) is 12.8 Å². The minimum Gasteiger partial charge on any atom is -0.907 e. The van der Waals surface area contributed by atoms with Crippen molar-refractivity contribution in [3.63, 3.8) is 0 Å². The van der Waals surface area contributed by atoms with Crippen molar-refractivity contribution in [3.05, 3.63) is 0 Å². The number of carbonyl (C=O) groups excluding carboxylic acids is 1. The van der Waals surface area contributed by atoms with E-state index in [2.05, 4.69) is 6.92 Å². The Morgan fingerprint density at radius 2 is 0.957 bits per heavy atom. The number of carboxylic acid groups (broad SMARTS) is 1. The van der Waals surface area contributed by atoms with E-state index in [1.165, 1.54) is 70.6 Å². The molecule has 0 spiro atoms. The van der Waals surface area contributed by atoms with Crippen molar-refractivity contribution in [1.82, 2.24) is 0 Å². The van der Waals surface area contributed by atoms with Crippen LogP contribution in [-0.4, -0.2) is 13.3 Å². The molecule has 5 nitrogen and oxygen atoms in total. The fourth-order valence-corrected chi connectivity index (χ4v) is 2.29. The summed E-state index contributed by atoms with van der Waals surface area (Å²) >= 11 is 0. The molecule has 0 heterocycles. The van der Waals surface area contributed by atoms with Crippen LogP contribution in [0.15, 0.2) is 0 Å². The zero-order valence-electron chi connectivity index (χ0n) is 14.5. The van der Waals surface area contributed by atoms with Crippen molar-refractivity contribution in [2.45, 2.75) is 96.8 Å². The second-order valence-corrected chi connectivity index (χ2v) is 5.65. The fourth-order valence-electron chi connectivity index (χ4n) is 2.29. The second kappa shape index (κ2) is 24.4. The van der Waals surface area contributed by atoms with Crippen LogP contribution in [-0.2, 0) is 27.2 Å². The third-order valence-corrected chi connectivity index (χ3v) is 3.48. The van der Waals surface area contributed by atoms with Crippen LogP contribution in [0.5, 0.6) is 0 Å². The summed E-state index contributed by atoms with van der Waals surface area (Å²) in [4.78, 5) is 10.2. The van der Waals surface area contributed by atoms with Gasteiger partial charge in [-0.3, -0.25) is 7.32 Å². The van der Waals surface area contributed by atoms with Crippen LogP contribution in [0, 0.1) is 0 Å².